The Bertz CT molecular complexity index is 460. The molecule has 1 amide bonds. The van der Waals surface area contributed by atoms with Gasteiger partial charge < -0.3 is 4.90 Å². The van der Waals surface area contributed by atoms with E-state index in [1.165, 1.54) is 37.8 Å². The second-order valence-electron chi connectivity index (χ2n) is 5.77. The van der Waals surface area contributed by atoms with Crippen LogP contribution in [0.25, 0.3) is 0 Å². The van der Waals surface area contributed by atoms with Gasteiger partial charge in [-0.3, -0.25) is 9.69 Å². The minimum Gasteiger partial charge on any atom is -0.336 e. The van der Waals surface area contributed by atoms with Crippen molar-refractivity contribution in [2.45, 2.75) is 31.7 Å². The minimum absolute atomic E-state index is 0.0241. The second-order valence-corrected chi connectivity index (χ2v) is 5.77. The largest absolute Gasteiger partial charge is 0.336 e. The summed E-state index contributed by atoms with van der Waals surface area (Å²) in [5.74, 6) is -0.274. The van der Waals surface area contributed by atoms with Crippen LogP contribution in [0.1, 0.15) is 36.0 Å². The van der Waals surface area contributed by atoms with Gasteiger partial charge in [0.15, 0.2) is 0 Å². The molecule has 0 bridgehead atoms. The first-order chi connectivity index (χ1) is 9.74. The monoisotopic (exact) mass is 276 g/mol. The van der Waals surface area contributed by atoms with Crippen molar-refractivity contribution in [2.24, 2.45) is 0 Å². The highest BCUT2D eigenvalue weighted by atomic mass is 19.1. The molecule has 20 heavy (non-hydrogen) atoms. The normalized spacial score (nSPS) is 21.4. The lowest BCUT2D eigenvalue weighted by atomic mass is 10.1. The van der Waals surface area contributed by atoms with E-state index in [-0.39, 0.29) is 11.7 Å². The summed E-state index contributed by atoms with van der Waals surface area (Å²) in [5, 5.41) is 0. The first kappa shape index (κ1) is 13.6. The summed E-state index contributed by atoms with van der Waals surface area (Å²) in [5.41, 5.74) is 0.584. The van der Waals surface area contributed by atoms with Gasteiger partial charge in [-0.15, -0.1) is 0 Å². The molecule has 1 aromatic rings. The fraction of sp³-hybridized carbons (Fsp3) is 0.562. The zero-order valence-electron chi connectivity index (χ0n) is 11.7. The lowest BCUT2D eigenvalue weighted by Gasteiger charge is -2.38. The summed E-state index contributed by atoms with van der Waals surface area (Å²) in [4.78, 5) is 16.7. The van der Waals surface area contributed by atoms with Gasteiger partial charge in [-0.05, 0) is 37.1 Å². The Kier molecular flexibility index (Phi) is 4.01. The molecular weight excluding hydrogens is 255 g/mol. The highest BCUT2D eigenvalue weighted by molar-refractivity contribution is 5.94. The quantitative estimate of drug-likeness (QED) is 0.828. The molecule has 0 aromatic heterocycles. The van der Waals surface area contributed by atoms with Gasteiger partial charge in [-0.2, -0.15) is 0 Å². The Morgan fingerprint density at radius 1 is 1.00 bits per heavy atom. The zero-order chi connectivity index (χ0) is 13.9. The van der Waals surface area contributed by atoms with E-state index in [1.807, 2.05) is 4.90 Å². The van der Waals surface area contributed by atoms with Gasteiger partial charge in [0, 0.05) is 37.8 Å². The number of piperazine rings is 1. The number of carbonyl (C=O) groups is 1. The van der Waals surface area contributed by atoms with Crippen molar-refractivity contribution in [3.05, 3.63) is 35.6 Å². The highest BCUT2D eigenvalue weighted by Crippen LogP contribution is 2.24. The van der Waals surface area contributed by atoms with Crippen molar-refractivity contribution >= 4 is 5.91 Å². The summed E-state index contributed by atoms with van der Waals surface area (Å²) in [7, 11) is 0. The van der Waals surface area contributed by atoms with Crippen LogP contribution in [0.3, 0.4) is 0 Å². The number of carbonyl (C=O) groups excluding carboxylic acids is 1. The summed E-state index contributed by atoms with van der Waals surface area (Å²) in [6.07, 6.45) is 5.32. The standard InChI is InChI=1S/C16H21FN2O/c17-14-7-5-13(6-8-14)16(20)19-11-9-18(10-12-19)15-3-1-2-4-15/h5-8,15H,1-4,9-12H2. The van der Waals surface area contributed by atoms with E-state index in [0.29, 0.717) is 5.56 Å². The van der Waals surface area contributed by atoms with Crippen LogP contribution in [-0.2, 0) is 0 Å². The molecule has 0 unspecified atom stereocenters. The Morgan fingerprint density at radius 2 is 1.60 bits per heavy atom. The predicted octanol–water partition coefficient (Wildman–Crippen LogP) is 2.53. The van der Waals surface area contributed by atoms with Crippen LogP contribution in [0.5, 0.6) is 0 Å². The molecule has 3 nitrogen and oxygen atoms in total. The summed E-state index contributed by atoms with van der Waals surface area (Å²) in [6, 6.07) is 6.57. The Balaban J connectivity index is 1.57. The zero-order valence-corrected chi connectivity index (χ0v) is 11.7. The van der Waals surface area contributed by atoms with Crippen LogP contribution in [0.15, 0.2) is 24.3 Å². The number of hydrogen-bond donors (Lipinski definition) is 0. The molecule has 1 saturated carbocycles. The van der Waals surface area contributed by atoms with E-state index < -0.39 is 0 Å². The SMILES string of the molecule is O=C(c1ccc(F)cc1)N1CCN(C2CCCC2)CC1. The number of halogens is 1. The van der Waals surface area contributed by atoms with Gasteiger partial charge in [0.2, 0.25) is 0 Å². The predicted molar refractivity (Wildman–Crippen MR) is 76.1 cm³/mol. The molecule has 3 rings (SSSR count). The van der Waals surface area contributed by atoms with Crippen LogP contribution < -0.4 is 0 Å². The number of benzene rings is 1. The van der Waals surface area contributed by atoms with Crippen LogP contribution in [0.4, 0.5) is 4.39 Å². The van der Waals surface area contributed by atoms with Crippen molar-refractivity contribution in [3.8, 4) is 0 Å². The molecule has 108 valence electrons. The van der Waals surface area contributed by atoms with Gasteiger partial charge in [0.25, 0.3) is 5.91 Å². The molecule has 4 heteroatoms. The van der Waals surface area contributed by atoms with Gasteiger partial charge in [0.1, 0.15) is 5.82 Å². The van der Waals surface area contributed by atoms with Crippen molar-refractivity contribution in [2.75, 3.05) is 26.2 Å². The highest BCUT2D eigenvalue weighted by Gasteiger charge is 2.28. The van der Waals surface area contributed by atoms with E-state index in [9.17, 15) is 9.18 Å². The number of amides is 1. The molecule has 0 radical (unpaired) electrons. The fourth-order valence-electron chi connectivity index (χ4n) is 3.33. The maximum Gasteiger partial charge on any atom is 0.253 e. The average Bonchev–Trinajstić information content (AvgIpc) is 3.02. The first-order valence-corrected chi connectivity index (χ1v) is 7.53. The molecular formula is C16H21FN2O. The van der Waals surface area contributed by atoms with Crippen LogP contribution >= 0.6 is 0 Å². The second kappa shape index (κ2) is 5.92. The van der Waals surface area contributed by atoms with Crippen molar-refractivity contribution in [1.82, 2.24) is 9.80 Å². The molecule has 1 saturated heterocycles. The minimum atomic E-state index is -0.299. The lowest BCUT2D eigenvalue weighted by molar-refractivity contribution is 0.0573. The molecule has 1 heterocycles. The molecule has 1 aliphatic carbocycles. The van der Waals surface area contributed by atoms with Gasteiger partial charge in [0.05, 0.1) is 0 Å². The van der Waals surface area contributed by atoms with Gasteiger partial charge in [-0.25, -0.2) is 4.39 Å². The molecule has 2 aliphatic rings. The third-order valence-electron chi connectivity index (χ3n) is 4.53. The molecule has 1 aromatic carbocycles. The molecule has 1 aliphatic heterocycles. The smallest absolute Gasteiger partial charge is 0.253 e. The Morgan fingerprint density at radius 3 is 2.20 bits per heavy atom. The van der Waals surface area contributed by atoms with Crippen LogP contribution in [0.2, 0.25) is 0 Å². The topological polar surface area (TPSA) is 23.6 Å². The Labute approximate surface area is 119 Å². The molecule has 0 N–H and O–H groups in total. The lowest BCUT2D eigenvalue weighted by Crippen LogP contribution is -2.51. The summed E-state index contributed by atoms with van der Waals surface area (Å²) < 4.78 is 12.9. The summed E-state index contributed by atoms with van der Waals surface area (Å²) in [6.45, 7) is 3.51. The number of hydrogen-bond acceptors (Lipinski definition) is 2. The average molecular weight is 276 g/mol. The fourth-order valence-corrected chi connectivity index (χ4v) is 3.33. The van der Waals surface area contributed by atoms with E-state index in [4.69, 9.17) is 0 Å². The molecule has 0 atom stereocenters. The molecule has 0 spiro atoms. The van der Waals surface area contributed by atoms with Crippen LogP contribution in [0, 0.1) is 5.82 Å². The number of nitrogens with zero attached hydrogens (tertiary/aromatic N) is 2. The van der Waals surface area contributed by atoms with Crippen molar-refractivity contribution < 1.29 is 9.18 Å². The Hall–Kier alpha value is -1.42. The third-order valence-corrected chi connectivity index (χ3v) is 4.53. The van der Waals surface area contributed by atoms with Gasteiger partial charge in [-0.1, -0.05) is 12.8 Å². The van der Waals surface area contributed by atoms with Crippen molar-refractivity contribution in [1.29, 1.82) is 0 Å². The maximum atomic E-state index is 12.9. The third kappa shape index (κ3) is 2.85. The molecule has 2 fully saturated rings. The number of rotatable bonds is 2. The van der Waals surface area contributed by atoms with E-state index >= 15 is 0 Å². The van der Waals surface area contributed by atoms with Crippen LogP contribution in [-0.4, -0.2) is 47.9 Å². The van der Waals surface area contributed by atoms with E-state index in [0.717, 1.165) is 32.2 Å². The maximum absolute atomic E-state index is 12.9. The van der Waals surface area contributed by atoms with E-state index in [2.05, 4.69) is 4.90 Å². The van der Waals surface area contributed by atoms with Gasteiger partial charge >= 0.3 is 0 Å². The van der Waals surface area contributed by atoms with Crippen molar-refractivity contribution in [3.63, 3.8) is 0 Å². The van der Waals surface area contributed by atoms with E-state index in [1.54, 1.807) is 12.1 Å². The first-order valence-electron chi connectivity index (χ1n) is 7.53. The summed E-state index contributed by atoms with van der Waals surface area (Å²) >= 11 is 0.